The maximum absolute atomic E-state index is 13.5. The van der Waals surface area contributed by atoms with Crippen molar-refractivity contribution in [2.24, 2.45) is 0 Å². The molecule has 36 heavy (non-hydrogen) atoms. The molecule has 3 rings (SSSR count). The first kappa shape index (κ1) is 27.2. The number of halogens is 2. The minimum absolute atomic E-state index is 0.140. The van der Waals surface area contributed by atoms with E-state index in [2.05, 4.69) is 5.32 Å². The van der Waals surface area contributed by atoms with Crippen LogP contribution in [0, 0.1) is 12.7 Å². The van der Waals surface area contributed by atoms with E-state index in [1.807, 2.05) is 44.2 Å². The van der Waals surface area contributed by atoms with E-state index in [1.54, 1.807) is 30.3 Å². The summed E-state index contributed by atoms with van der Waals surface area (Å²) in [4.78, 5) is 28.4. The van der Waals surface area contributed by atoms with Crippen LogP contribution in [0.15, 0.2) is 72.8 Å². The Bertz CT molecular complexity index is 1140. The van der Waals surface area contributed by atoms with Crippen LogP contribution in [-0.2, 0) is 22.6 Å². The second kappa shape index (κ2) is 13.6. The molecule has 0 saturated carbocycles. The summed E-state index contributed by atoms with van der Waals surface area (Å²) in [6.07, 6.45) is 2.12. The van der Waals surface area contributed by atoms with Crippen molar-refractivity contribution in [2.75, 3.05) is 13.2 Å². The maximum Gasteiger partial charge on any atom is 0.261 e. The number of benzene rings is 3. The zero-order chi connectivity index (χ0) is 25.9. The molecule has 0 spiro atoms. The summed E-state index contributed by atoms with van der Waals surface area (Å²) >= 11 is 6.10. The molecule has 0 aliphatic carbocycles. The minimum Gasteiger partial charge on any atom is -0.484 e. The molecule has 1 N–H and O–H groups in total. The van der Waals surface area contributed by atoms with Crippen LogP contribution in [0.2, 0.25) is 5.02 Å². The van der Waals surface area contributed by atoms with E-state index in [0.29, 0.717) is 29.3 Å². The first-order chi connectivity index (χ1) is 17.4. The number of amides is 2. The van der Waals surface area contributed by atoms with Crippen LogP contribution < -0.4 is 10.1 Å². The number of rotatable bonds is 12. The summed E-state index contributed by atoms with van der Waals surface area (Å²) in [5.41, 5.74) is 2.48. The number of ether oxygens (including phenoxy) is 1. The Morgan fingerprint density at radius 1 is 1.03 bits per heavy atom. The fourth-order valence-electron chi connectivity index (χ4n) is 3.78. The number of hydrogen-bond acceptors (Lipinski definition) is 3. The predicted molar refractivity (Wildman–Crippen MR) is 140 cm³/mol. The third-order valence-electron chi connectivity index (χ3n) is 5.86. The molecule has 0 radical (unpaired) electrons. The maximum atomic E-state index is 13.5. The van der Waals surface area contributed by atoms with Gasteiger partial charge in [-0.2, -0.15) is 0 Å². The van der Waals surface area contributed by atoms with Crippen molar-refractivity contribution in [1.82, 2.24) is 10.2 Å². The van der Waals surface area contributed by atoms with E-state index < -0.39 is 6.04 Å². The van der Waals surface area contributed by atoms with Crippen molar-refractivity contribution in [1.29, 1.82) is 0 Å². The average molecular weight is 511 g/mol. The molecule has 0 aliphatic rings. The van der Waals surface area contributed by atoms with E-state index in [0.717, 1.165) is 24.0 Å². The van der Waals surface area contributed by atoms with Crippen LogP contribution in [0.1, 0.15) is 36.5 Å². The highest BCUT2D eigenvalue weighted by molar-refractivity contribution is 6.31. The zero-order valence-electron chi connectivity index (χ0n) is 20.7. The largest absolute Gasteiger partial charge is 0.484 e. The SMILES string of the molecule is CCCCNC(=O)[C@@H](Cc1ccccc1)N(Cc1ccc(F)cc1)C(=O)COc1ccc(Cl)c(C)c1. The number of unbranched alkanes of at least 4 members (excludes halogenated alkanes) is 1. The summed E-state index contributed by atoms with van der Waals surface area (Å²) in [5.74, 6) is -0.432. The Balaban J connectivity index is 1.88. The summed E-state index contributed by atoms with van der Waals surface area (Å²) in [5, 5.41) is 3.58. The summed E-state index contributed by atoms with van der Waals surface area (Å²) in [6.45, 7) is 4.32. The molecule has 0 heterocycles. The molecular formula is C29H32ClFN2O3. The standard InChI is InChI=1S/C29H32ClFN2O3/c1-3-4-16-32-29(35)27(18-22-8-6-5-7-9-22)33(19-23-10-12-24(31)13-11-23)28(34)20-36-25-14-15-26(30)21(2)17-25/h5-15,17,27H,3-4,16,18-20H2,1-2H3,(H,32,35)/t27-/m1/s1. The van der Waals surface area contributed by atoms with Crippen molar-refractivity contribution >= 4 is 23.4 Å². The van der Waals surface area contributed by atoms with Gasteiger partial charge < -0.3 is 15.0 Å². The first-order valence-electron chi connectivity index (χ1n) is 12.1. The third kappa shape index (κ3) is 8.09. The molecule has 7 heteroatoms. The van der Waals surface area contributed by atoms with Gasteiger partial charge in [-0.15, -0.1) is 0 Å². The van der Waals surface area contributed by atoms with Gasteiger partial charge in [0.15, 0.2) is 6.61 Å². The van der Waals surface area contributed by atoms with Gasteiger partial charge in [0.05, 0.1) is 0 Å². The van der Waals surface area contributed by atoms with E-state index in [9.17, 15) is 14.0 Å². The van der Waals surface area contributed by atoms with Gasteiger partial charge >= 0.3 is 0 Å². The van der Waals surface area contributed by atoms with Crippen LogP contribution in [0.3, 0.4) is 0 Å². The van der Waals surface area contributed by atoms with Crippen molar-refractivity contribution in [3.8, 4) is 5.75 Å². The molecule has 5 nitrogen and oxygen atoms in total. The molecule has 0 bridgehead atoms. The third-order valence-corrected chi connectivity index (χ3v) is 6.28. The second-order valence-electron chi connectivity index (χ2n) is 8.70. The Kier molecular flexibility index (Phi) is 10.3. The quantitative estimate of drug-likeness (QED) is 0.317. The summed E-state index contributed by atoms with van der Waals surface area (Å²) in [7, 11) is 0. The van der Waals surface area contributed by atoms with Crippen molar-refractivity contribution < 1.29 is 18.7 Å². The number of hydrogen-bond donors (Lipinski definition) is 1. The molecule has 0 aromatic heterocycles. The number of carbonyl (C=O) groups is 2. The number of nitrogens with zero attached hydrogens (tertiary/aromatic N) is 1. The number of carbonyl (C=O) groups excluding carboxylic acids is 2. The first-order valence-corrected chi connectivity index (χ1v) is 12.5. The average Bonchev–Trinajstić information content (AvgIpc) is 2.88. The van der Waals surface area contributed by atoms with Gasteiger partial charge in [-0.25, -0.2) is 4.39 Å². The van der Waals surface area contributed by atoms with Crippen molar-refractivity contribution in [3.63, 3.8) is 0 Å². The monoisotopic (exact) mass is 510 g/mol. The van der Waals surface area contributed by atoms with E-state index >= 15 is 0 Å². The van der Waals surface area contributed by atoms with Gasteiger partial charge in [0.1, 0.15) is 17.6 Å². The number of aryl methyl sites for hydroxylation is 1. The summed E-state index contributed by atoms with van der Waals surface area (Å²) < 4.78 is 19.3. The zero-order valence-corrected chi connectivity index (χ0v) is 21.4. The lowest BCUT2D eigenvalue weighted by Crippen LogP contribution is -2.51. The summed E-state index contributed by atoms with van der Waals surface area (Å²) in [6, 6.07) is 19.9. The van der Waals surface area contributed by atoms with Gasteiger partial charge in [0.2, 0.25) is 5.91 Å². The fourth-order valence-corrected chi connectivity index (χ4v) is 3.90. The molecule has 3 aromatic carbocycles. The molecule has 0 saturated heterocycles. The van der Waals surface area contributed by atoms with Crippen molar-refractivity contribution in [2.45, 2.75) is 45.7 Å². The van der Waals surface area contributed by atoms with Crippen molar-refractivity contribution in [3.05, 3.63) is 100 Å². The van der Waals surface area contributed by atoms with Gasteiger partial charge in [-0.1, -0.05) is 67.4 Å². The highest BCUT2D eigenvalue weighted by atomic mass is 35.5. The van der Waals surface area contributed by atoms with Crippen LogP contribution >= 0.6 is 11.6 Å². The van der Waals surface area contributed by atoms with E-state index in [4.69, 9.17) is 16.3 Å². The molecule has 2 amide bonds. The second-order valence-corrected chi connectivity index (χ2v) is 9.11. The van der Waals surface area contributed by atoms with E-state index in [1.165, 1.54) is 17.0 Å². The van der Waals surface area contributed by atoms with Gasteiger partial charge in [-0.05, 0) is 60.4 Å². The lowest BCUT2D eigenvalue weighted by molar-refractivity contribution is -0.142. The molecular weight excluding hydrogens is 479 g/mol. The topological polar surface area (TPSA) is 58.6 Å². The molecule has 0 fully saturated rings. The number of nitrogens with one attached hydrogen (secondary N) is 1. The van der Waals surface area contributed by atoms with Crippen LogP contribution in [0.25, 0.3) is 0 Å². The Hall–Kier alpha value is -3.38. The predicted octanol–water partition coefficient (Wildman–Crippen LogP) is 5.72. The lowest BCUT2D eigenvalue weighted by atomic mass is 10.0. The molecule has 1 atom stereocenters. The van der Waals surface area contributed by atoms with Gasteiger partial charge in [0.25, 0.3) is 5.91 Å². The van der Waals surface area contributed by atoms with E-state index in [-0.39, 0.29) is 30.8 Å². The fraction of sp³-hybridized carbons (Fsp3) is 0.310. The van der Waals surface area contributed by atoms with Crippen LogP contribution in [0.4, 0.5) is 4.39 Å². The minimum atomic E-state index is -0.766. The van der Waals surface area contributed by atoms with Gasteiger partial charge in [0, 0.05) is 24.5 Å². The molecule has 0 unspecified atom stereocenters. The Labute approximate surface area is 217 Å². The highest BCUT2D eigenvalue weighted by Gasteiger charge is 2.30. The Morgan fingerprint density at radius 2 is 1.75 bits per heavy atom. The van der Waals surface area contributed by atoms with Crippen LogP contribution in [-0.4, -0.2) is 35.9 Å². The smallest absolute Gasteiger partial charge is 0.261 e. The highest BCUT2D eigenvalue weighted by Crippen LogP contribution is 2.22. The molecule has 0 aliphatic heterocycles. The van der Waals surface area contributed by atoms with Gasteiger partial charge in [-0.3, -0.25) is 9.59 Å². The molecule has 190 valence electrons. The van der Waals surface area contributed by atoms with Crippen LogP contribution in [0.5, 0.6) is 5.75 Å². The Morgan fingerprint density at radius 3 is 2.42 bits per heavy atom. The normalized spacial score (nSPS) is 11.6. The lowest BCUT2D eigenvalue weighted by Gasteiger charge is -2.31. The molecule has 3 aromatic rings.